The van der Waals surface area contributed by atoms with Crippen molar-refractivity contribution in [3.05, 3.63) is 58.3 Å². The van der Waals surface area contributed by atoms with E-state index in [0.29, 0.717) is 0 Å². The second-order valence-corrected chi connectivity index (χ2v) is 5.77. The maximum atomic E-state index is 13.6. The van der Waals surface area contributed by atoms with Crippen molar-refractivity contribution >= 4 is 12.3 Å². The summed E-state index contributed by atoms with van der Waals surface area (Å²) in [5, 5.41) is 11.8. The maximum absolute atomic E-state index is 13.6. The van der Waals surface area contributed by atoms with Crippen molar-refractivity contribution in [2.75, 3.05) is 6.61 Å². The van der Waals surface area contributed by atoms with Crippen LogP contribution < -0.4 is 5.32 Å². The van der Waals surface area contributed by atoms with E-state index in [0.717, 1.165) is 6.07 Å². The number of alkyl halides is 3. The van der Waals surface area contributed by atoms with Gasteiger partial charge in [0.05, 0.1) is 23.6 Å². The molecule has 0 saturated heterocycles. The number of nitrogens with one attached hydrogen (secondary N) is 1. The Morgan fingerprint density at radius 2 is 1.68 bits per heavy atom. The van der Waals surface area contributed by atoms with Gasteiger partial charge in [0, 0.05) is 0 Å². The monoisotopic (exact) mass is 401 g/mol. The minimum absolute atomic E-state index is 0.0181. The molecule has 7 nitrogen and oxygen atoms in total. The molecule has 0 fully saturated rings. The summed E-state index contributed by atoms with van der Waals surface area (Å²) in [4.78, 5) is 23.0. The molecule has 0 aromatic heterocycles. The number of carbonyl (C=O) groups excluding carboxylic acids is 1. The van der Waals surface area contributed by atoms with Gasteiger partial charge < -0.3 is 24.6 Å². The Bertz CT molecular complexity index is 844. The zero-order valence-electron chi connectivity index (χ0n) is 15.2. The van der Waals surface area contributed by atoms with Gasteiger partial charge in [0.25, 0.3) is 0 Å². The summed E-state index contributed by atoms with van der Waals surface area (Å²) >= 11 is 0. The lowest BCUT2D eigenvalue weighted by molar-refractivity contribution is -0.138. The highest BCUT2D eigenvalue weighted by atomic mass is 19.4. The van der Waals surface area contributed by atoms with Gasteiger partial charge in [0.1, 0.15) is 17.4 Å². The van der Waals surface area contributed by atoms with E-state index in [1.807, 2.05) is 0 Å². The fourth-order valence-corrected chi connectivity index (χ4v) is 2.85. The first kappa shape index (κ1) is 21.1. The average Bonchev–Trinajstić information content (AvgIpc) is 2.58. The van der Waals surface area contributed by atoms with E-state index in [-0.39, 0.29) is 35.1 Å². The standard InChI is InChI=1S/C18H18F3NO6/c1-4-26-17(25)28-15-10(3)22-9(2)14(27-16(23)24)13(15)11-7-5-6-8-12(11)18(19,20)21/h5-8,13,22H,4H2,1-3H3,(H,23,24). The summed E-state index contributed by atoms with van der Waals surface area (Å²) in [6.07, 6.45) is -7.59. The third kappa shape index (κ3) is 4.56. The number of halogens is 3. The Morgan fingerprint density at radius 1 is 1.11 bits per heavy atom. The lowest BCUT2D eigenvalue weighted by atomic mass is 9.87. The second kappa shape index (κ2) is 8.24. The van der Waals surface area contributed by atoms with Crippen LogP contribution in [0.1, 0.15) is 37.8 Å². The van der Waals surface area contributed by atoms with Crippen LogP contribution in [0.25, 0.3) is 0 Å². The van der Waals surface area contributed by atoms with Crippen LogP contribution in [0.5, 0.6) is 0 Å². The third-order valence-electron chi connectivity index (χ3n) is 3.87. The molecule has 1 aliphatic rings. The first-order chi connectivity index (χ1) is 13.1. The Hall–Kier alpha value is -3.17. The molecule has 1 atom stereocenters. The van der Waals surface area contributed by atoms with E-state index in [4.69, 9.17) is 19.3 Å². The molecule has 0 spiro atoms. The Morgan fingerprint density at radius 3 is 2.21 bits per heavy atom. The van der Waals surface area contributed by atoms with Crippen LogP contribution in [0.2, 0.25) is 0 Å². The molecular formula is C18H18F3NO6. The van der Waals surface area contributed by atoms with Crippen molar-refractivity contribution in [1.29, 1.82) is 0 Å². The summed E-state index contributed by atoms with van der Waals surface area (Å²) in [7, 11) is 0. The Balaban J connectivity index is 2.68. The van der Waals surface area contributed by atoms with Crippen LogP contribution in [-0.4, -0.2) is 24.0 Å². The predicted octanol–water partition coefficient (Wildman–Crippen LogP) is 4.72. The van der Waals surface area contributed by atoms with Crippen molar-refractivity contribution in [3.63, 3.8) is 0 Å². The molecule has 0 radical (unpaired) electrons. The summed E-state index contributed by atoms with van der Waals surface area (Å²) < 4.78 is 55.3. The molecule has 1 unspecified atom stereocenters. The minimum atomic E-state index is -4.73. The average molecular weight is 401 g/mol. The fraction of sp³-hybridized carbons (Fsp3) is 0.333. The highest BCUT2D eigenvalue weighted by Gasteiger charge is 2.41. The largest absolute Gasteiger partial charge is 0.513 e. The molecule has 1 aromatic carbocycles. The van der Waals surface area contributed by atoms with E-state index in [2.05, 4.69) is 5.32 Å². The molecule has 152 valence electrons. The zero-order chi connectivity index (χ0) is 21.1. The smallest absolute Gasteiger partial charge is 0.449 e. The van der Waals surface area contributed by atoms with Gasteiger partial charge in [-0.3, -0.25) is 0 Å². The van der Waals surface area contributed by atoms with Crippen molar-refractivity contribution in [1.82, 2.24) is 5.32 Å². The first-order valence-corrected chi connectivity index (χ1v) is 8.16. The summed E-state index contributed by atoms with van der Waals surface area (Å²) in [6, 6.07) is 4.57. The SMILES string of the molecule is CCOC(=O)OC1=C(C)NC(C)=C(OC(=O)O)C1c1ccccc1C(F)(F)F. The quantitative estimate of drug-likeness (QED) is 0.705. The van der Waals surface area contributed by atoms with Gasteiger partial charge in [-0.15, -0.1) is 0 Å². The van der Waals surface area contributed by atoms with E-state index in [1.165, 1.54) is 39.0 Å². The molecule has 1 aliphatic heterocycles. The molecular weight excluding hydrogens is 383 g/mol. The summed E-state index contributed by atoms with van der Waals surface area (Å²) in [5.41, 5.74) is -0.965. The van der Waals surface area contributed by atoms with Crippen molar-refractivity contribution in [2.24, 2.45) is 0 Å². The Kier molecular flexibility index (Phi) is 6.22. The van der Waals surface area contributed by atoms with Crippen molar-refractivity contribution in [3.8, 4) is 0 Å². The molecule has 1 aromatic rings. The topological polar surface area (TPSA) is 94.1 Å². The number of allylic oxidation sites excluding steroid dienone is 2. The van der Waals surface area contributed by atoms with Crippen LogP contribution in [0, 0.1) is 0 Å². The third-order valence-corrected chi connectivity index (χ3v) is 3.87. The second-order valence-electron chi connectivity index (χ2n) is 5.77. The fourth-order valence-electron chi connectivity index (χ4n) is 2.85. The van der Waals surface area contributed by atoms with Crippen LogP contribution in [0.3, 0.4) is 0 Å². The number of carbonyl (C=O) groups is 2. The van der Waals surface area contributed by atoms with Gasteiger partial charge in [0.15, 0.2) is 0 Å². The summed E-state index contributed by atoms with van der Waals surface area (Å²) in [5.74, 6) is -2.02. The highest BCUT2D eigenvalue weighted by Crippen LogP contribution is 2.44. The van der Waals surface area contributed by atoms with Crippen molar-refractivity contribution in [2.45, 2.75) is 32.9 Å². The minimum Gasteiger partial charge on any atom is -0.449 e. The van der Waals surface area contributed by atoms with Crippen LogP contribution in [0.15, 0.2) is 47.2 Å². The maximum Gasteiger partial charge on any atom is 0.513 e. The van der Waals surface area contributed by atoms with E-state index >= 15 is 0 Å². The van der Waals surface area contributed by atoms with E-state index in [9.17, 15) is 22.8 Å². The molecule has 0 saturated carbocycles. The van der Waals surface area contributed by atoms with Crippen LogP contribution in [0.4, 0.5) is 22.8 Å². The molecule has 2 N–H and O–H groups in total. The highest BCUT2D eigenvalue weighted by molar-refractivity contribution is 5.64. The number of dihydropyridines is 1. The number of ether oxygens (including phenoxy) is 3. The number of benzene rings is 1. The summed E-state index contributed by atoms with van der Waals surface area (Å²) in [6.45, 7) is 4.42. The zero-order valence-corrected chi connectivity index (χ0v) is 15.2. The Labute approximate surface area is 158 Å². The first-order valence-electron chi connectivity index (χ1n) is 8.16. The predicted molar refractivity (Wildman–Crippen MR) is 89.9 cm³/mol. The number of carboxylic acid groups (broad SMARTS) is 1. The molecule has 2 rings (SSSR count). The van der Waals surface area contributed by atoms with Gasteiger partial charge in [-0.2, -0.15) is 13.2 Å². The molecule has 28 heavy (non-hydrogen) atoms. The van der Waals surface area contributed by atoms with E-state index in [1.54, 1.807) is 0 Å². The van der Waals surface area contributed by atoms with Crippen LogP contribution >= 0.6 is 0 Å². The van der Waals surface area contributed by atoms with Gasteiger partial charge in [-0.1, -0.05) is 18.2 Å². The molecule has 0 bridgehead atoms. The van der Waals surface area contributed by atoms with Gasteiger partial charge in [-0.25, -0.2) is 9.59 Å². The van der Waals surface area contributed by atoms with Gasteiger partial charge >= 0.3 is 18.5 Å². The van der Waals surface area contributed by atoms with E-state index < -0.39 is 30.0 Å². The number of rotatable bonds is 4. The van der Waals surface area contributed by atoms with Crippen LogP contribution in [-0.2, 0) is 20.4 Å². The molecule has 0 amide bonds. The van der Waals surface area contributed by atoms with Gasteiger partial charge in [0.2, 0.25) is 0 Å². The lowest BCUT2D eigenvalue weighted by Gasteiger charge is -2.31. The molecule has 1 heterocycles. The number of hydrogen-bond acceptors (Lipinski definition) is 6. The van der Waals surface area contributed by atoms with Crippen molar-refractivity contribution < 1.29 is 42.1 Å². The van der Waals surface area contributed by atoms with Gasteiger partial charge in [-0.05, 0) is 32.4 Å². The normalized spacial score (nSPS) is 17.1. The lowest BCUT2D eigenvalue weighted by Crippen LogP contribution is -2.30. The molecule has 0 aliphatic carbocycles. The number of hydrogen-bond donors (Lipinski definition) is 2. The molecule has 10 heteroatoms.